The molecule has 0 saturated heterocycles. The summed E-state index contributed by atoms with van der Waals surface area (Å²) < 4.78 is 5.42. The first-order valence-corrected chi connectivity index (χ1v) is 9.32. The Morgan fingerprint density at radius 3 is 2.91 bits per heavy atom. The van der Waals surface area contributed by atoms with Crippen LogP contribution in [0.5, 0.6) is 5.75 Å². The molecule has 2 nitrogen and oxygen atoms in total. The van der Waals surface area contributed by atoms with Crippen LogP contribution in [-0.2, 0) is 6.42 Å². The van der Waals surface area contributed by atoms with E-state index in [1.165, 1.54) is 37.7 Å². The first-order valence-electron chi connectivity index (χ1n) is 9.32. The summed E-state index contributed by atoms with van der Waals surface area (Å²) in [4.78, 5) is 0. The molecule has 1 aromatic carbocycles. The van der Waals surface area contributed by atoms with Crippen LogP contribution in [0.2, 0.25) is 0 Å². The lowest BCUT2D eigenvalue weighted by molar-refractivity contribution is -0.0708. The molecule has 23 heavy (non-hydrogen) atoms. The molecule has 0 spiro atoms. The third kappa shape index (κ3) is 1.66. The number of fused-ring (bicyclic) bond motifs is 9. The van der Waals surface area contributed by atoms with Crippen LogP contribution in [0.15, 0.2) is 18.2 Å². The van der Waals surface area contributed by atoms with Crippen LogP contribution < -0.4 is 4.74 Å². The Bertz CT molecular complexity index is 653. The van der Waals surface area contributed by atoms with Gasteiger partial charge < -0.3 is 9.84 Å². The number of ether oxygens (including phenoxy) is 1. The number of methoxy groups -OCH3 is 1. The van der Waals surface area contributed by atoms with Crippen LogP contribution in [-0.4, -0.2) is 17.8 Å². The van der Waals surface area contributed by atoms with Gasteiger partial charge in [0.1, 0.15) is 34.5 Å². The quantitative estimate of drug-likeness (QED) is 0.785. The summed E-state index contributed by atoms with van der Waals surface area (Å²) >= 11 is 0. The Balaban J connectivity index is 1.54. The van der Waals surface area contributed by atoms with Gasteiger partial charge in [0.05, 0.1) is 7.11 Å². The van der Waals surface area contributed by atoms with E-state index in [0.29, 0.717) is 17.8 Å². The van der Waals surface area contributed by atoms with Crippen LogP contribution >= 0.6 is 0 Å². The first-order chi connectivity index (χ1) is 11.1. The third-order valence-corrected chi connectivity index (χ3v) is 7.91. The fourth-order valence-corrected chi connectivity index (χ4v) is 6.79. The molecule has 3 fully saturated rings. The zero-order chi connectivity index (χ0) is 15.8. The van der Waals surface area contributed by atoms with Gasteiger partial charge in [-0.2, -0.15) is 0 Å². The summed E-state index contributed by atoms with van der Waals surface area (Å²) in [6.45, 7) is 2.38. The predicted molar refractivity (Wildman–Crippen MR) is 90.4 cm³/mol. The summed E-state index contributed by atoms with van der Waals surface area (Å²) in [7, 11) is 1.76. The molecule has 2 bridgehead atoms. The molecular formula is C21H27O2+. The Morgan fingerprint density at radius 1 is 1.22 bits per heavy atom. The molecule has 3 saturated carbocycles. The minimum atomic E-state index is -0.391. The summed E-state index contributed by atoms with van der Waals surface area (Å²) in [5.41, 5.74) is 2.77. The Hall–Kier alpha value is -1.15. The van der Waals surface area contributed by atoms with Crippen molar-refractivity contribution in [1.29, 1.82) is 0 Å². The van der Waals surface area contributed by atoms with Gasteiger partial charge in [0.15, 0.2) is 0 Å². The van der Waals surface area contributed by atoms with Gasteiger partial charge in [-0.1, -0.05) is 6.07 Å². The zero-order valence-corrected chi connectivity index (χ0v) is 14.3. The van der Waals surface area contributed by atoms with E-state index in [1.807, 2.05) is 0 Å². The van der Waals surface area contributed by atoms with E-state index in [9.17, 15) is 5.11 Å². The number of hydrogen-bond donors (Lipinski definition) is 1. The maximum Gasteiger partial charge on any atom is 0.137 e. The van der Waals surface area contributed by atoms with Gasteiger partial charge in [0.25, 0.3) is 0 Å². The van der Waals surface area contributed by atoms with Gasteiger partial charge in [-0.05, 0) is 68.7 Å². The van der Waals surface area contributed by atoms with Crippen molar-refractivity contribution in [2.45, 2.75) is 63.4 Å². The molecular weight excluding hydrogens is 284 g/mol. The van der Waals surface area contributed by atoms with E-state index in [-0.39, 0.29) is 5.41 Å². The zero-order valence-electron chi connectivity index (χ0n) is 14.3. The van der Waals surface area contributed by atoms with Crippen molar-refractivity contribution in [3.8, 4) is 5.75 Å². The maximum absolute atomic E-state index is 11.2. The van der Waals surface area contributed by atoms with Crippen molar-refractivity contribution in [2.24, 2.45) is 17.3 Å². The summed E-state index contributed by atoms with van der Waals surface area (Å²) in [5.74, 6) is 4.82. The van der Waals surface area contributed by atoms with E-state index < -0.39 is 5.60 Å². The fourth-order valence-electron chi connectivity index (χ4n) is 6.79. The molecule has 1 N–H and O–H groups in total. The number of benzene rings is 1. The molecule has 0 unspecified atom stereocenters. The van der Waals surface area contributed by atoms with Crippen LogP contribution in [0.4, 0.5) is 0 Å². The van der Waals surface area contributed by atoms with Crippen molar-refractivity contribution < 1.29 is 9.84 Å². The Labute approximate surface area is 139 Å². The van der Waals surface area contributed by atoms with Crippen molar-refractivity contribution in [3.05, 3.63) is 35.2 Å². The lowest BCUT2D eigenvalue weighted by atomic mass is 9.50. The summed E-state index contributed by atoms with van der Waals surface area (Å²) in [5, 5.41) is 11.2. The molecule has 0 radical (unpaired) electrons. The standard InChI is InChI=1S/C21H27O2/c1-20-9-8-17-16-6-4-15(23-2)11-13(16)3-5-18(17)19(20)14-7-10-21(20,22)12-14/h4,6,11,14,17-18,22H,3,5,7-10,12H2,1-2H3/q+1/t14-,17+,18+,20-,21+/m0/s1. The summed E-state index contributed by atoms with van der Waals surface area (Å²) in [6, 6.07) is 6.70. The highest BCUT2D eigenvalue weighted by atomic mass is 16.5. The average Bonchev–Trinajstić information content (AvgIpc) is 3.06. The minimum Gasteiger partial charge on any atom is -0.497 e. The molecule has 0 heterocycles. The molecule has 4 aliphatic carbocycles. The molecule has 0 amide bonds. The minimum absolute atomic E-state index is 0.0983. The van der Waals surface area contributed by atoms with Crippen molar-refractivity contribution in [1.82, 2.24) is 0 Å². The van der Waals surface area contributed by atoms with Gasteiger partial charge in [0, 0.05) is 12.3 Å². The highest BCUT2D eigenvalue weighted by Gasteiger charge is 2.76. The van der Waals surface area contributed by atoms with Gasteiger partial charge in [-0.15, -0.1) is 0 Å². The van der Waals surface area contributed by atoms with Gasteiger partial charge in [0.2, 0.25) is 0 Å². The van der Waals surface area contributed by atoms with Crippen LogP contribution in [0.1, 0.15) is 62.5 Å². The lowest BCUT2D eigenvalue weighted by Crippen LogP contribution is -2.51. The van der Waals surface area contributed by atoms with Crippen LogP contribution in [0.3, 0.4) is 0 Å². The smallest absolute Gasteiger partial charge is 0.137 e. The monoisotopic (exact) mass is 311 g/mol. The SMILES string of the molecule is COc1ccc2c(c1)CC[C@H]1[C+]3[C@H]4CC[C@@](O)(C4)[C@@]3(C)CC[C@H]21. The molecule has 2 heteroatoms. The van der Waals surface area contributed by atoms with Crippen LogP contribution in [0, 0.1) is 23.2 Å². The summed E-state index contributed by atoms with van der Waals surface area (Å²) in [6.07, 6.45) is 8.13. The van der Waals surface area contributed by atoms with E-state index >= 15 is 0 Å². The second kappa shape index (κ2) is 4.47. The van der Waals surface area contributed by atoms with E-state index in [0.717, 1.165) is 18.6 Å². The number of aryl methyl sites for hydroxylation is 1. The highest BCUT2D eigenvalue weighted by Crippen LogP contribution is 2.72. The van der Waals surface area contributed by atoms with E-state index in [1.54, 1.807) is 18.6 Å². The molecule has 0 aromatic heterocycles. The van der Waals surface area contributed by atoms with Crippen molar-refractivity contribution >= 4 is 0 Å². The molecule has 5 rings (SSSR count). The van der Waals surface area contributed by atoms with E-state index in [4.69, 9.17) is 4.74 Å². The fraction of sp³-hybridized carbons (Fsp3) is 0.667. The molecule has 5 atom stereocenters. The highest BCUT2D eigenvalue weighted by molar-refractivity contribution is 5.44. The molecule has 0 aliphatic heterocycles. The number of hydrogen-bond acceptors (Lipinski definition) is 2. The van der Waals surface area contributed by atoms with Crippen LogP contribution in [0.25, 0.3) is 0 Å². The second-order valence-corrected chi connectivity index (χ2v) is 8.61. The second-order valence-electron chi connectivity index (χ2n) is 8.61. The predicted octanol–water partition coefficient (Wildman–Crippen LogP) is 4.26. The normalized spacial score (nSPS) is 43.8. The molecule has 1 aromatic rings. The third-order valence-electron chi connectivity index (χ3n) is 7.91. The number of rotatable bonds is 1. The topological polar surface area (TPSA) is 29.5 Å². The average molecular weight is 311 g/mol. The van der Waals surface area contributed by atoms with Gasteiger partial charge in [-0.3, -0.25) is 0 Å². The first kappa shape index (κ1) is 14.2. The van der Waals surface area contributed by atoms with Gasteiger partial charge >= 0.3 is 0 Å². The van der Waals surface area contributed by atoms with Crippen molar-refractivity contribution in [3.63, 3.8) is 0 Å². The Morgan fingerprint density at radius 2 is 2.09 bits per heavy atom. The maximum atomic E-state index is 11.2. The largest absolute Gasteiger partial charge is 0.497 e. The molecule has 122 valence electrons. The van der Waals surface area contributed by atoms with Gasteiger partial charge in [-0.25, -0.2) is 0 Å². The van der Waals surface area contributed by atoms with E-state index in [2.05, 4.69) is 25.1 Å². The number of aliphatic hydroxyl groups is 1. The Kier molecular flexibility index (Phi) is 2.77. The lowest BCUT2D eigenvalue weighted by Gasteiger charge is -2.48. The molecule has 4 aliphatic rings. The van der Waals surface area contributed by atoms with Crippen molar-refractivity contribution in [2.75, 3.05) is 7.11 Å².